The highest BCUT2D eigenvalue weighted by Gasteiger charge is 2.43. The summed E-state index contributed by atoms with van der Waals surface area (Å²) in [6.07, 6.45) is 6.20. The van der Waals surface area contributed by atoms with Crippen LogP contribution in [0.5, 0.6) is 0 Å². The van der Waals surface area contributed by atoms with Crippen LogP contribution in [0, 0.1) is 17.7 Å². The number of hydrogen-bond donors (Lipinski definition) is 1. The zero-order chi connectivity index (χ0) is 14.3. The molecule has 2 atom stereocenters. The molecular formula is C13H18FN3O2S. The van der Waals surface area contributed by atoms with Crippen LogP contribution >= 0.6 is 0 Å². The highest BCUT2D eigenvalue weighted by molar-refractivity contribution is 7.88. The highest BCUT2D eigenvalue weighted by Crippen LogP contribution is 2.42. The molecule has 7 heteroatoms. The summed E-state index contributed by atoms with van der Waals surface area (Å²) in [5, 5.41) is 0. The molecule has 110 valence electrons. The SMILES string of the molecule is CS(=O)(=O)N[C@H]1CN(c2ccncc2F)C[C@@H]1C1CC1. The summed E-state index contributed by atoms with van der Waals surface area (Å²) in [4.78, 5) is 5.67. The van der Waals surface area contributed by atoms with Gasteiger partial charge in [-0.25, -0.2) is 17.5 Å². The Balaban J connectivity index is 1.81. The number of nitrogens with one attached hydrogen (secondary N) is 1. The van der Waals surface area contributed by atoms with Crippen LogP contribution in [0.25, 0.3) is 0 Å². The maximum atomic E-state index is 13.8. The van der Waals surface area contributed by atoms with Gasteiger partial charge in [-0.3, -0.25) is 4.98 Å². The second-order valence-electron chi connectivity index (χ2n) is 5.73. The molecule has 1 saturated heterocycles. The molecule has 0 amide bonds. The van der Waals surface area contributed by atoms with Gasteiger partial charge in [0.05, 0.1) is 18.1 Å². The van der Waals surface area contributed by atoms with Crippen LogP contribution in [0.2, 0.25) is 0 Å². The quantitative estimate of drug-likeness (QED) is 0.900. The van der Waals surface area contributed by atoms with E-state index in [9.17, 15) is 12.8 Å². The van der Waals surface area contributed by atoms with Gasteiger partial charge in [0.15, 0.2) is 5.82 Å². The van der Waals surface area contributed by atoms with Gasteiger partial charge in [0.25, 0.3) is 0 Å². The van der Waals surface area contributed by atoms with Gasteiger partial charge in [0.2, 0.25) is 10.0 Å². The predicted molar refractivity (Wildman–Crippen MR) is 74.4 cm³/mol. The Morgan fingerprint density at radius 2 is 2.15 bits per heavy atom. The van der Waals surface area contributed by atoms with Crippen molar-refractivity contribution in [2.75, 3.05) is 24.2 Å². The summed E-state index contributed by atoms with van der Waals surface area (Å²) in [5.41, 5.74) is 0.503. The second kappa shape index (κ2) is 4.96. The van der Waals surface area contributed by atoms with E-state index < -0.39 is 10.0 Å². The zero-order valence-electron chi connectivity index (χ0n) is 11.3. The van der Waals surface area contributed by atoms with E-state index in [4.69, 9.17) is 0 Å². The monoisotopic (exact) mass is 299 g/mol. The molecular weight excluding hydrogens is 281 g/mol. The smallest absolute Gasteiger partial charge is 0.209 e. The fourth-order valence-electron chi connectivity index (χ4n) is 3.05. The van der Waals surface area contributed by atoms with Gasteiger partial charge in [-0.05, 0) is 30.7 Å². The van der Waals surface area contributed by atoms with Crippen LogP contribution in [0.15, 0.2) is 18.5 Å². The number of nitrogens with zero attached hydrogens (tertiary/aromatic N) is 2. The molecule has 1 aliphatic carbocycles. The lowest BCUT2D eigenvalue weighted by Crippen LogP contribution is -2.40. The molecule has 5 nitrogen and oxygen atoms in total. The molecule has 0 unspecified atom stereocenters. The van der Waals surface area contributed by atoms with Gasteiger partial charge >= 0.3 is 0 Å². The van der Waals surface area contributed by atoms with Crippen LogP contribution in [-0.4, -0.2) is 38.8 Å². The van der Waals surface area contributed by atoms with Gasteiger partial charge in [0, 0.05) is 25.3 Å². The third-order valence-corrected chi connectivity index (χ3v) is 4.78. The molecule has 1 saturated carbocycles. The molecule has 2 aliphatic rings. The molecule has 0 bridgehead atoms. The Morgan fingerprint density at radius 1 is 1.40 bits per heavy atom. The molecule has 2 heterocycles. The fraction of sp³-hybridized carbons (Fsp3) is 0.615. The average molecular weight is 299 g/mol. The molecule has 3 rings (SSSR count). The van der Waals surface area contributed by atoms with Crippen molar-refractivity contribution in [1.29, 1.82) is 0 Å². The van der Waals surface area contributed by atoms with E-state index in [2.05, 4.69) is 9.71 Å². The lowest BCUT2D eigenvalue weighted by molar-refractivity contribution is 0.427. The summed E-state index contributed by atoms with van der Waals surface area (Å²) in [6.45, 7) is 1.20. The summed E-state index contributed by atoms with van der Waals surface area (Å²) in [5.74, 6) is 0.462. The first-order chi connectivity index (χ1) is 9.44. The van der Waals surface area contributed by atoms with Crippen molar-refractivity contribution in [1.82, 2.24) is 9.71 Å². The Labute approximate surface area is 118 Å². The Kier molecular flexibility index (Phi) is 3.41. The normalized spacial score (nSPS) is 27.0. The van der Waals surface area contributed by atoms with Crippen molar-refractivity contribution in [3.8, 4) is 0 Å². The van der Waals surface area contributed by atoms with Crippen LogP contribution in [0.1, 0.15) is 12.8 Å². The number of hydrogen-bond acceptors (Lipinski definition) is 4. The van der Waals surface area contributed by atoms with Crippen molar-refractivity contribution >= 4 is 15.7 Å². The third-order valence-electron chi connectivity index (χ3n) is 4.05. The van der Waals surface area contributed by atoms with Gasteiger partial charge in [0.1, 0.15) is 0 Å². The van der Waals surface area contributed by atoms with Crippen molar-refractivity contribution in [3.05, 3.63) is 24.3 Å². The van der Waals surface area contributed by atoms with E-state index in [0.29, 0.717) is 24.7 Å². The van der Waals surface area contributed by atoms with Crippen LogP contribution in [0.3, 0.4) is 0 Å². The van der Waals surface area contributed by atoms with Crippen LogP contribution in [-0.2, 0) is 10.0 Å². The lowest BCUT2D eigenvalue weighted by atomic mass is 9.99. The summed E-state index contributed by atoms with van der Waals surface area (Å²) in [7, 11) is -3.24. The van der Waals surface area contributed by atoms with E-state index in [0.717, 1.165) is 12.8 Å². The van der Waals surface area contributed by atoms with E-state index in [1.807, 2.05) is 4.90 Å². The lowest BCUT2D eigenvalue weighted by Gasteiger charge is -2.18. The minimum absolute atomic E-state index is 0.134. The summed E-state index contributed by atoms with van der Waals surface area (Å²) in [6, 6.07) is 1.51. The second-order valence-corrected chi connectivity index (χ2v) is 7.51. The van der Waals surface area contributed by atoms with Gasteiger partial charge < -0.3 is 4.90 Å². The molecule has 0 spiro atoms. The van der Waals surface area contributed by atoms with Crippen molar-refractivity contribution in [2.45, 2.75) is 18.9 Å². The predicted octanol–water partition coefficient (Wildman–Crippen LogP) is 0.985. The number of anilines is 1. The summed E-state index contributed by atoms with van der Waals surface area (Å²) < 4.78 is 39.5. The molecule has 1 N–H and O–H groups in total. The average Bonchev–Trinajstić information content (AvgIpc) is 3.11. The first-order valence-corrected chi connectivity index (χ1v) is 8.65. The van der Waals surface area contributed by atoms with E-state index in [1.54, 1.807) is 12.3 Å². The van der Waals surface area contributed by atoms with E-state index in [1.165, 1.54) is 12.5 Å². The largest absolute Gasteiger partial charge is 0.367 e. The number of sulfonamides is 1. The van der Waals surface area contributed by atoms with Gasteiger partial charge in [-0.1, -0.05) is 0 Å². The van der Waals surface area contributed by atoms with E-state index in [-0.39, 0.29) is 17.8 Å². The fourth-order valence-corrected chi connectivity index (χ4v) is 3.85. The van der Waals surface area contributed by atoms with Gasteiger partial charge in [-0.15, -0.1) is 0 Å². The topological polar surface area (TPSA) is 62.3 Å². The first-order valence-electron chi connectivity index (χ1n) is 6.76. The number of rotatable bonds is 4. The highest BCUT2D eigenvalue weighted by atomic mass is 32.2. The minimum atomic E-state index is -3.24. The molecule has 0 radical (unpaired) electrons. The zero-order valence-corrected chi connectivity index (χ0v) is 12.1. The van der Waals surface area contributed by atoms with Gasteiger partial charge in [-0.2, -0.15) is 0 Å². The Bertz CT molecular complexity index is 603. The maximum absolute atomic E-state index is 13.8. The summed E-state index contributed by atoms with van der Waals surface area (Å²) >= 11 is 0. The number of halogens is 1. The molecule has 1 aliphatic heterocycles. The first kappa shape index (κ1) is 13.8. The van der Waals surface area contributed by atoms with Crippen molar-refractivity contribution < 1.29 is 12.8 Å². The third kappa shape index (κ3) is 2.93. The molecule has 1 aromatic heterocycles. The standard InChI is InChI=1S/C13H18FN3O2S/c1-20(18,19)16-12-8-17(7-10(12)9-2-3-9)13-4-5-15-6-11(13)14/h4-6,9-10,12,16H,2-3,7-8H2,1H3/t10-,12+/m1/s1. The minimum Gasteiger partial charge on any atom is -0.367 e. The van der Waals surface area contributed by atoms with Crippen molar-refractivity contribution in [3.63, 3.8) is 0 Å². The molecule has 20 heavy (non-hydrogen) atoms. The Morgan fingerprint density at radius 3 is 2.75 bits per heavy atom. The van der Waals surface area contributed by atoms with Crippen LogP contribution < -0.4 is 9.62 Å². The van der Waals surface area contributed by atoms with Crippen LogP contribution in [0.4, 0.5) is 10.1 Å². The number of aromatic nitrogens is 1. The molecule has 0 aromatic carbocycles. The molecule has 2 fully saturated rings. The molecule has 1 aromatic rings. The van der Waals surface area contributed by atoms with E-state index >= 15 is 0 Å². The maximum Gasteiger partial charge on any atom is 0.209 e. The number of pyridine rings is 1. The van der Waals surface area contributed by atoms with Crippen molar-refractivity contribution in [2.24, 2.45) is 11.8 Å². The Hall–Kier alpha value is -1.21.